The van der Waals surface area contributed by atoms with Gasteiger partial charge in [0, 0.05) is 23.8 Å². The second-order valence-electron chi connectivity index (χ2n) is 5.90. The Morgan fingerprint density at radius 2 is 2.09 bits per heavy atom. The highest BCUT2D eigenvalue weighted by atomic mass is 35.5. The van der Waals surface area contributed by atoms with Crippen LogP contribution in [0.2, 0.25) is 5.02 Å². The molecule has 0 spiro atoms. The summed E-state index contributed by atoms with van der Waals surface area (Å²) in [5.74, 6) is 0.0801. The molecule has 23 heavy (non-hydrogen) atoms. The molecule has 2 rings (SSSR count). The quantitative estimate of drug-likeness (QED) is 0.846. The summed E-state index contributed by atoms with van der Waals surface area (Å²) in [6, 6.07) is 7.44. The summed E-state index contributed by atoms with van der Waals surface area (Å²) >= 11 is 6.00. The number of rotatable bonds is 7. The second kappa shape index (κ2) is 8.13. The van der Waals surface area contributed by atoms with Gasteiger partial charge in [0.25, 0.3) is 0 Å². The summed E-state index contributed by atoms with van der Waals surface area (Å²) in [5.41, 5.74) is 2.83. The monoisotopic (exact) mass is 334 g/mol. The van der Waals surface area contributed by atoms with E-state index < -0.39 is 0 Å². The Hall–Kier alpha value is -1.85. The zero-order valence-corrected chi connectivity index (χ0v) is 14.6. The van der Waals surface area contributed by atoms with Crippen molar-refractivity contribution in [2.75, 3.05) is 27.2 Å². The predicted molar refractivity (Wildman–Crippen MR) is 92.5 cm³/mol. The van der Waals surface area contributed by atoms with Crippen LogP contribution in [-0.4, -0.2) is 52.9 Å². The Bertz CT molecular complexity index is 654. The maximum absolute atomic E-state index is 12.7. The van der Waals surface area contributed by atoms with E-state index in [0.29, 0.717) is 24.5 Å². The van der Waals surface area contributed by atoms with E-state index in [-0.39, 0.29) is 5.91 Å². The largest absolute Gasteiger partial charge is 0.348 e. The Kier molecular flexibility index (Phi) is 6.19. The predicted octanol–water partition coefficient (Wildman–Crippen LogP) is 2.50. The van der Waals surface area contributed by atoms with Crippen LogP contribution < -0.4 is 0 Å². The fraction of sp³-hybridized carbons (Fsp3) is 0.412. The van der Waals surface area contributed by atoms with Gasteiger partial charge >= 0.3 is 0 Å². The number of imidazole rings is 1. The summed E-state index contributed by atoms with van der Waals surface area (Å²) in [5, 5.41) is 0.651. The van der Waals surface area contributed by atoms with Crippen LogP contribution in [0.25, 0.3) is 0 Å². The lowest BCUT2D eigenvalue weighted by molar-refractivity contribution is -0.131. The number of nitrogens with zero attached hydrogens (tertiary/aromatic N) is 3. The summed E-state index contributed by atoms with van der Waals surface area (Å²) in [6.45, 7) is 3.96. The number of carbonyl (C=O) groups excluding carboxylic acids is 1. The van der Waals surface area contributed by atoms with Crippen molar-refractivity contribution in [3.8, 4) is 0 Å². The van der Waals surface area contributed by atoms with E-state index in [9.17, 15) is 4.79 Å². The van der Waals surface area contributed by atoms with E-state index in [0.717, 1.165) is 23.5 Å². The molecule has 1 amide bonds. The Balaban J connectivity index is 2.08. The minimum atomic E-state index is 0.0801. The molecule has 1 aromatic heterocycles. The van der Waals surface area contributed by atoms with Gasteiger partial charge in [0.15, 0.2) is 0 Å². The van der Waals surface area contributed by atoms with Gasteiger partial charge in [-0.3, -0.25) is 4.79 Å². The van der Waals surface area contributed by atoms with Gasteiger partial charge in [0.1, 0.15) is 0 Å². The van der Waals surface area contributed by atoms with Crippen molar-refractivity contribution < 1.29 is 4.79 Å². The number of benzene rings is 1. The lowest BCUT2D eigenvalue weighted by Gasteiger charge is -2.24. The lowest BCUT2D eigenvalue weighted by Crippen LogP contribution is -2.37. The third-order valence-corrected chi connectivity index (χ3v) is 3.92. The van der Waals surface area contributed by atoms with Crippen LogP contribution >= 0.6 is 11.6 Å². The van der Waals surface area contributed by atoms with Crippen molar-refractivity contribution in [1.29, 1.82) is 0 Å². The van der Waals surface area contributed by atoms with Crippen molar-refractivity contribution in [3.05, 3.63) is 52.6 Å². The number of likely N-dealkylation sites (N-methyl/N-ethyl adjacent to an activating group) is 1. The van der Waals surface area contributed by atoms with E-state index in [4.69, 9.17) is 11.6 Å². The van der Waals surface area contributed by atoms with Crippen molar-refractivity contribution in [2.45, 2.75) is 19.9 Å². The number of aromatic amines is 1. The number of hydrogen-bond acceptors (Lipinski definition) is 3. The van der Waals surface area contributed by atoms with Gasteiger partial charge < -0.3 is 14.8 Å². The molecule has 0 aliphatic heterocycles. The molecule has 6 heteroatoms. The van der Waals surface area contributed by atoms with Crippen LogP contribution in [-0.2, 0) is 17.8 Å². The average Bonchev–Trinajstić information content (AvgIpc) is 2.88. The number of nitrogens with one attached hydrogen (secondary N) is 1. The summed E-state index contributed by atoms with van der Waals surface area (Å²) < 4.78 is 0. The highest BCUT2D eigenvalue weighted by Gasteiger charge is 2.17. The van der Waals surface area contributed by atoms with Gasteiger partial charge in [-0.25, -0.2) is 4.98 Å². The molecule has 1 heterocycles. The van der Waals surface area contributed by atoms with Gasteiger partial charge in [0.05, 0.1) is 25.0 Å². The lowest BCUT2D eigenvalue weighted by atomic mass is 10.1. The normalized spacial score (nSPS) is 11.0. The highest BCUT2D eigenvalue weighted by molar-refractivity contribution is 6.30. The molecule has 1 N–H and O–H groups in total. The average molecular weight is 335 g/mol. The molecule has 0 bridgehead atoms. The first-order valence-electron chi connectivity index (χ1n) is 7.61. The number of aromatic nitrogens is 2. The van der Waals surface area contributed by atoms with E-state index >= 15 is 0 Å². The van der Waals surface area contributed by atoms with Crippen molar-refractivity contribution >= 4 is 17.5 Å². The number of H-pyrrole nitrogens is 1. The fourth-order valence-corrected chi connectivity index (χ4v) is 2.49. The molecule has 0 fully saturated rings. The summed E-state index contributed by atoms with van der Waals surface area (Å²) in [4.78, 5) is 24.0. The Labute approximate surface area is 142 Å². The number of halogens is 1. The molecule has 124 valence electrons. The number of amides is 1. The Morgan fingerprint density at radius 1 is 1.30 bits per heavy atom. The first-order chi connectivity index (χ1) is 11.0. The van der Waals surface area contributed by atoms with Crippen LogP contribution in [0.1, 0.15) is 17.0 Å². The second-order valence-corrected chi connectivity index (χ2v) is 6.34. The molecule has 0 unspecified atom stereocenters. The standard InChI is InChI=1S/C17H23ClN4O/c1-13-16(20-12-19-13)11-22(8-7-21(2)3)17(23)10-14-5-4-6-15(18)9-14/h4-6,9,12H,7-8,10-11H2,1-3H3,(H,19,20). The van der Waals surface area contributed by atoms with Crippen LogP contribution in [0.3, 0.4) is 0 Å². The number of aryl methyl sites for hydroxylation is 1. The number of carbonyl (C=O) groups is 1. The first-order valence-corrected chi connectivity index (χ1v) is 7.99. The van der Waals surface area contributed by atoms with E-state index in [1.54, 1.807) is 6.33 Å². The van der Waals surface area contributed by atoms with Gasteiger partial charge in [-0.05, 0) is 38.7 Å². The third kappa shape index (κ3) is 5.37. The van der Waals surface area contributed by atoms with E-state index in [1.165, 1.54) is 0 Å². The maximum atomic E-state index is 12.7. The van der Waals surface area contributed by atoms with Crippen LogP contribution in [0, 0.1) is 6.92 Å². The zero-order valence-electron chi connectivity index (χ0n) is 13.8. The molecule has 5 nitrogen and oxygen atoms in total. The molecular formula is C17H23ClN4O. The highest BCUT2D eigenvalue weighted by Crippen LogP contribution is 2.13. The summed E-state index contributed by atoms with van der Waals surface area (Å²) in [6.07, 6.45) is 2.01. The molecule has 0 saturated carbocycles. The van der Waals surface area contributed by atoms with Crippen LogP contribution in [0.5, 0.6) is 0 Å². The molecule has 0 atom stereocenters. The smallest absolute Gasteiger partial charge is 0.227 e. The van der Waals surface area contributed by atoms with Gasteiger partial charge in [0.2, 0.25) is 5.91 Å². The topological polar surface area (TPSA) is 52.2 Å². The van der Waals surface area contributed by atoms with E-state index in [2.05, 4.69) is 14.9 Å². The van der Waals surface area contributed by atoms with Crippen LogP contribution in [0.15, 0.2) is 30.6 Å². The zero-order chi connectivity index (χ0) is 16.8. The van der Waals surface area contributed by atoms with Crippen molar-refractivity contribution in [2.24, 2.45) is 0 Å². The molecular weight excluding hydrogens is 312 g/mol. The first kappa shape index (κ1) is 17.5. The molecule has 0 radical (unpaired) electrons. The summed E-state index contributed by atoms with van der Waals surface area (Å²) in [7, 11) is 4.00. The van der Waals surface area contributed by atoms with Gasteiger partial charge in [-0.2, -0.15) is 0 Å². The minimum Gasteiger partial charge on any atom is -0.348 e. The molecule has 0 aliphatic rings. The molecule has 0 saturated heterocycles. The van der Waals surface area contributed by atoms with Gasteiger partial charge in [-0.15, -0.1) is 0 Å². The molecule has 2 aromatic rings. The van der Waals surface area contributed by atoms with Crippen molar-refractivity contribution in [1.82, 2.24) is 19.8 Å². The Morgan fingerprint density at radius 3 is 2.70 bits per heavy atom. The number of hydrogen-bond donors (Lipinski definition) is 1. The molecule has 1 aromatic carbocycles. The fourth-order valence-electron chi connectivity index (χ4n) is 2.27. The van der Waals surface area contributed by atoms with E-state index in [1.807, 2.05) is 50.2 Å². The van der Waals surface area contributed by atoms with Crippen molar-refractivity contribution in [3.63, 3.8) is 0 Å². The SMILES string of the molecule is Cc1[nH]cnc1CN(CCN(C)C)C(=O)Cc1cccc(Cl)c1. The minimum absolute atomic E-state index is 0.0801. The van der Waals surface area contributed by atoms with Gasteiger partial charge in [-0.1, -0.05) is 23.7 Å². The molecule has 0 aliphatic carbocycles. The van der Waals surface area contributed by atoms with Crippen LogP contribution in [0.4, 0.5) is 0 Å². The maximum Gasteiger partial charge on any atom is 0.227 e. The third-order valence-electron chi connectivity index (χ3n) is 3.69.